The normalized spacial score (nSPS) is 10.9. The molecule has 136 valence electrons. The van der Waals surface area contributed by atoms with Crippen molar-refractivity contribution < 1.29 is 4.79 Å². The molecule has 4 nitrogen and oxygen atoms in total. The molecule has 3 aromatic heterocycles. The van der Waals surface area contributed by atoms with E-state index in [1.807, 2.05) is 41.1 Å². The van der Waals surface area contributed by atoms with Crippen LogP contribution in [0.15, 0.2) is 52.7 Å². The van der Waals surface area contributed by atoms with Crippen LogP contribution in [0.4, 0.5) is 5.13 Å². The highest BCUT2D eigenvalue weighted by molar-refractivity contribution is 7.15. The van der Waals surface area contributed by atoms with Crippen LogP contribution in [0.1, 0.15) is 16.1 Å². The van der Waals surface area contributed by atoms with Gasteiger partial charge in [0, 0.05) is 38.8 Å². The Morgan fingerprint density at radius 2 is 2.15 bits per heavy atom. The molecular weight excluding hydrogens is 418 g/mol. The summed E-state index contributed by atoms with van der Waals surface area (Å²) >= 11 is 10.7. The van der Waals surface area contributed by atoms with Gasteiger partial charge in [0.1, 0.15) is 5.01 Å². The maximum Gasteiger partial charge on any atom is 0.232 e. The Labute approximate surface area is 173 Å². The number of nitrogens with zero attached hydrogens (tertiary/aromatic N) is 2. The van der Waals surface area contributed by atoms with Crippen molar-refractivity contribution in [2.24, 2.45) is 0 Å². The summed E-state index contributed by atoms with van der Waals surface area (Å²) < 4.78 is 0. The highest BCUT2D eigenvalue weighted by Gasteiger charge is 2.12. The van der Waals surface area contributed by atoms with Crippen LogP contribution in [0.25, 0.3) is 10.6 Å². The fourth-order valence-electron chi connectivity index (χ4n) is 2.53. The first kappa shape index (κ1) is 18.3. The van der Waals surface area contributed by atoms with Crippen molar-refractivity contribution in [1.29, 1.82) is 0 Å². The van der Waals surface area contributed by atoms with Gasteiger partial charge in [0.25, 0.3) is 0 Å². The Bertz CT molecular complexity index is 1060. The van der Waals surface area contributed by atoms with E-state index in [1.165, 1.54) is 11.3 Å². The van der Waals surface area contributed by atoms with Gasteiger partial charge in [-0.25, -0.2) is 9.97 Å². The Balaban J connectivity index is 1.35. The summed E-state index contributed by atoms with van der Waals surface area (Å²) in [6.45, 7) is 0. The molecule has 0 bridgehead atoms. The number of thiophene rings is 1. The van der Waals surface area contributed by atoms with Crippen LogP contribution < -0.4 is 5.32 Å². The second kappa shape index (κ2) is 8.31. The molecule has 1 amide bonds. The van der Waals surface area contributed by atoms with Crippen LogP contribution in [0.2, 0.25) is 5.02 Å². The summed E-state index contributed by atoms with van der Waals surface area (Å²) in [5, 5.41) is 11.1. The second-order valence-electron chi connectivity index (χ2n) is 5.82. The van der Waals surface area contributed by atoms with E-state index in [2.05, 4.69) is 20.7 Å². The number of nitrogens with one attached hydrogen (secondary N) is 1. The summed E-state index contributed by atoms with van der Waals surface area (Å²) in [5.74, 6) is -0.110. The maximum atomic E-state index is 12.3. The largest absolute Gasteiger partial charge is 0.302 e. The average molecular weight is 432 g/mol. The van der Waals surface area contributed by atoms with Gasteiger partial charge >= 0.3 is 0 Å². The number of hydrogen-bond donors (Lipinski definition) is 1. The molecule has 4 aromatic rings. The molecule has 0 atom stereocenters. The molecule has 0 fully saturated rings. The number of carbonyl (C=O) groups is 1. The van der Waals surface area contributed by atoms with Gasteiger partial charge in [0.05, 0.1) is 12.1 Å². The van der Waals surface area contributed by atoms with Crippen LogP contribution in [0.5, 0.6) is 0 Å². The van der Waals surface area contributed by atoms with Gasteiger partial charge in [0.15, 0.2) is 5.13 Å². The van der Waals surface area contributed by atoms with E-state index in [1.54, 1.807) is 28.9 Å². The fraction of sp³-hybridized carbons (Fsp3) is 0.105. The molecule has 0 aliphatic heterocycles. The van der Waals surface area contributed by atoms with Crippen LogP contribution in [0.3, 0.4) is 0 Å². The molecule has 4 rings (SSSR count). The summed E-state index contributed by atoms with van der Waals surface area (Å²) in [7, 11) is 0. The number of thiazole rings is 2. The number of carbonyl (C=O) groups excluding carboxylic acids is 1. The quantitative estimate of drug-likeness (QED) is 0.422. The van der Waals surface area contributed by atoms with Gasteiger partial charge in [0.2, 0.25) is 5.91 Å². The Hall–Kier alpha value is -2.06. The average Bonchev–Trinajstić information content (AvgIpc) is 3.36. The first-order valence-electron chi connectivity index (χ1n) is 8.12. The molecule has 1 aromatic carbocycles. The number of hydrogen-bond acceptors (Lipinski definition) is 6. The van der Waals surface area contributed by atoms with Gasteiger partial charge in [-0.05, 0) is 29.1 Å². The lowest BCUT2D eigenvalue weighted by Gasteiger charge is -2.00. The minimum atomic E-state index is -0.110. The number of anilines is 1. The highest BCUT2D eigenvalue weighted by Crippen LogP contribution is 2.26. The predicted octanol–water partition coefficient (Wildman–Crippen LogP) is 5.75. The molecule has 0 unspecified atom stereocenters. The Kier molecular flexibility index (Phi) is 5.63. The smallest absolute Gasteiger partial charge is 0.232 e. The number of rotatable bonds is 6. The van der Waals surface area contributed by atoms with Crippen molar-refractivity contribution in [3.63, 3.8) is 0 Å². The molecule has 0 radical (unpaired) electrons. The first-order chi connectivity index (χ1) is 13.2. The maximum absolute atomic E-state index is 12.3. The molecule has 0 saturated heterocycles. The lowest BCUT2D eigenvalue weighted by molar-refractivity contribution is -0.115. The van der Waals surface area contributed by atoms with Crippen LogP contribution in [-0.2, 0) is 17.6 Å². The summed E-state index contributed by atoms with van der Waals surface area (Å²) in [4.78, 5) is 22.2. The van der Waals surface area contributed by atoms with Crippen LogP contribution >= 0.6 is 45.6 Å². The van der Waals surface area contributed by atoms with Crippen molar-refractivity contribution in [3.05, 3.63) is 73.8 Å². The second-order valence-corrected chi connectivity index (χ2v) is 9.01. The topological polar surface area (TPSA) is 54.9 Å². The van der Waals surface area contributed by atoms with Crippen molar-refractivity contribution in [3.8, 4) is 10.6 Å². The minimum absolute atomic E-state index is 0.110. The zero-order valence-corrected chi connectivity index (χ0v) is 17.2. The standard InChI is InChI=1S/C19H14ClN3OS3/c20-14-3-1-2-12(6-14)7-16-9-21-19(27-16)23-17(24)8-15-11-26-18(22-15)13-4-5-25-10-13/h1-6,9-11H,7-8H2,(H,21,23,24). The lowest BCUT2D eigenvalue weighted by Crippen LogP contribution is -2.14. The summed E-state index contributed by atoms with van der Waals surface area (Å²) in [6, 6.07) is 9.78. The molecule has 27 heavy (non-hydrogen) atoms. The molecule has 8 heteroatoms. The number of halogens is 1. The third kappa shape index (κ3) is 4.81. The molecule has 0 saturated carbocycles. The number of benzene rings is 1. The monoisotopic (exact) mass is 431 g/mol. The number of amides is 1. The summed E-state index contributed by atoms with van der Waals surface area (Å²) in [5.41, 5.74) is 2.99. The zero-order chi connectivity index (χ0) is 18.6. The third-order valence-corrected chi connectivity index (χ3v) is 6.50. The van der Waals surface area contributed by atoms with Crippen molar-refractivity contribution >= 4 is 56.7 Å². The van der Waals surface area contributed by atoms with Gasteiger partial charge in [-0.1, -0.05) is 23.7 Å². The van der Waals surface area contributed by atoms with Crippen molar-refractivity contribution in [1.82, 2.24) is 9.97 Å². The fourth-order valence-corrected chi connectivity index (χ4v) is 5.14. The number of aromatic nitrogens is 2. The van der Waals surface area contributed by atoms with E-state index >= 15 is 0 Å². The zero-order valence-electron chi connectivity index (χ0n) is 14.0. The van der Waals surface area contributed by atoms with Gasteiger partial charge in [-0.3, -0.25) is 4.79 Å². The van der Waals surface area contributed by atoms with E-state index in [0.29, 0.717) is 5.13 Å². The molecule has 3 heterocycles. The van der Waals surface area contributed by atoms with E-state index < -0.39 is 0 Å². The highest BCUT2D eigenvalue weighted by atomic mass is 35.5. The molecular formula is C19H14ClN3OS3. The minimum Gasteiger partial charge on any atom is -0.302 e. The molecule has 1 N–H and O–H groups in total. The Morgan fingerprint density at radius 3 is 2.96 bits per heavy atom. The van der Waals surface area contributed by atoms with Crippen molar-refractivity contribution in [2.75, 3.05) is 5.32 Å². The van der Waals surface area contributed by atoms with Gasteiger partial charge < -0.3 is 5.32 Å². The van der Waals surface area contributed by atoms with Gasteiger partial charge in [-0.15, -0.1) is 22.7 Å². The van der Waals surface area contributed by atoms with E-state index in [0.717, 1.165) is 38.1 Å². The molecule has 0 spiro atoms. The van der Waals surface area contributed by atoms with E-state index in [4.69, 9.17) is 11.6 Å². The van der Waals surface area contributed by atoms with E-state index in [-0.39, 0.29) is 12.3 Å². The third-order valence-electron chi connectivity index (χ3n) is 3.73. The lowest BCUT2D eigenvalue weighted by atomic mass is 10.1. The van der Waals surface area contributed by atoms with Crippen LogP contribution in [0, 0.1) is 0 Å². The summed E-state index contributed by atoms with van der Waals surface area (Å²) in [6.07, 6.45) is 2.77. The first-order valence-corrected chi connectivity index (χ1v) is 11.1. The molecule has 0 aliphatic carbocycles. The van der Waals surface area contributed by atoms with Crippen molar-refractivity contribution in [2.45, 2.75) is 12.8 Å². The predicted molar refractivity (Wildman–Crippen MR) is 114 cm³/mol. The van der Waals surface area contributed by atoms with E-state index in [9.17, 15) is 4.79 Å². The van der Waals surface area contributed by atoms with Crippen LogP contribution in [-0.4, -0.2) is 15.9 Å². The molecule has 0 aliphatic rings. The Morgan fingerprint density at radius 1 is 1.22 bits per heavy atom. The SMILES string of the molecule is O=C(Cc1csc(-c2ccsc2)n1)Nc1ncc(Cc2cccc(Cl)c2)s1. The van der Waals surface area contributed by atoms with Gasteiger partial charge in [-0.2, -0.15) is 11.3 Å².